The normalized spacial score (nSPS) is 17.9. The molecule has 1 amide bonds. The van der Waals surface area contributed by atoms with Gasteiger partial charge >= 0.3 is 11.9 Å². The molecule has 130 valence electrons. The third kappa shape index (κ3) is 4.77. The third-order valence-corrected chi connectivity index (χ3v) is 4.67. The van der Waals surface area contributed by atoms with Gasteiger partial charge in [-0.2, -0.15) is 0 Å². The van der Waals surface area contributed by atoms with E-state index in [4.69, 9.17) is 17.3 Å². The van der Waals surface area contributed by atoms with Crippen molar-refractivity contribution in [3.63, 3.8) is 0 Å². The highest BCUT2D eigenvalue weighted by molar-refractivity contribution is 8.26. The number of thiocarbonyl (C=S) groups is 1. The number of nitrogens with zero attached hydrogens (tertiary/aromatic N) is 1. The maximum Gasteiger partial charge on any atom is 0.327 e. The van der Waals surface area contributed by atoms with Crippen LogP contribution in [0.15, 0.2) is 46.9 Å². The SMILES string of the molecule is CC(/C=C1\SC(=S)N([C@H](CC(=O)O)C(=O)O)C1=O)=C\c1ccccc1. The van der Waals surface area contributed by atoms with Gasteiger partial charge in [-0.1, -0.05) is 60.4 Å². The Kier molecular flexibility index (Phi) is 6.11. The van der Waals surface area contributed by atoms with E-state index < -0.39 is 30.3 Å². The van der Waals surface area contributed by atoms with E-state index in [1.165, 1.54) is 0 Å². The summed E-state index contributed by atoms with van der Waals surface area (Å²) in [5.41, 5.74) is 1.75. The number of aliphatic carboxylic acids is 2. The van der Waals surface area contributed by atoms with Crippen LogP contribution in [0, 0.1) is 0 Å². The lowest BCUT2D eigenvalue weighted by molar-refractivity contribution is -0.150. The van der Waals surface area contributed by atoms with Crippen LogP contribution in [0.1, 0.15) is 18.9 Å². The molecule has 6 nitrogen and oxygen atoms in total. The van der Waals surface area contributed by atoms with Crippen molar-refractivity contribution in [1.82, 2.24) is 4.90 Å². The number of hydrogen-bond acceptors (Lipinski definition) is 5. The summed E-state index contributed by atoms with van der Waals surface area (Å²) in [5.74, 6) is -3.31. The van der Waals surface area contributed by atoms with Crippen LogP contribution < -0.4 is 0 Å². The summed E-state index contributed by atoms with van der Waals surface area (Å²) in [5, 5.41) is 18.1. The third-order valence-electron chi connectivity index (χ3n) is 3.34. The molecule has 1 aromatic carbocycles. The molecule has 0 aliphatic carbocycles. The molecular formula is C17H15NO5S2. The molecule has 2 N–H and O–H groups in total. The van der Waals surface area contributed by atoms with E-state index >= 15 is 0 Å². The predicted octanol–water partition coefficient (Wildman–Crippen LogP) is 2.76. The van der Waals surface area contributed by atoms with Gasteiger partial charge in [0.25, 0.3) is 5.91 Å². The standard InChI is InChI=1S/C17H15NO5S2/c1-10(7-11-5-3-2-4-6-11)8-13-15(21)18(17(24)25-13)12(16(22)23)9-14(19)20/h2-8,12H,9H2,1H3,(H,19,20)(H,22,23)/b10-7+,13-8-/t12-/m1/s1. The Morgan fingerprint density at radius 3 is 2.48 bits per heavy atom. The smallest absolute Gasteiger partial charge is 0.327 e. The summed E-state index contributed by atoms with van der Waals surface area (Å²) < 4.78 is 0.0393. The minimum absolute atomic E-state index is 0.0393. The first kappa shape index (κ1) is 18.9. The average Bonchev–Trinajstić information content (AvgIpc) is 2.79. The number of carbonyl (C=O) groups excluding carboxylic acids is 1. The number of benzene rings is 1. The van der Waals surface area contributed by atoms with Gasteiger partial charge in [0, 0.05) is 0 Å². The van der Waals surface area contributed by atoms with Crippen LogP contribution in [0.2, 0.25) is 0 Å². The van der Waals surface area contributed by atoms with Gasteiger partial charge in [-0.25, -0.2) is 4.79 Å². The van der Waals surface area contributed by atoms with Gasteiger partial charge in [0.1, 0.15) is 10.4 Å². The van der Waals surface area contributed by atoms with Crippen molar-refractivity contribution < 1.29 is 24.6 Å². The molecule has 0 aromatic heterocycles. The zero-order valence-electron chi connectivity index (χ0n) is 13.2. The minimum atomic E-state index is -1.52. The average molecular weight is 377 g/mol. The van der Waals surface area contributed by atoms with Crippen LogP contribution in [0.5, 0.6) is 0 Å². The van der Waals surface area contributed by atoms with E-state index in [1.807, 2.05) is 43.3 Å². The van der Waals surface area contributed by atoms with Crippen molar-refractivity contribution in [1.29, 1.82) is 0 Å². The Hall–Kier alpha value is -2.45. The zero-order chi connectivity index (χ0) is 18.6. The Balaban J connectivity index is 2.26. The second-order valence-electron chi connectivity index (χ2n) is 5.30. The van der Waals surface area contributed by atoms with E-state index in [9.17, 15) is 19.5 Å². The number of thioether (sulfide) groups is 1. The molecule has 0 saturated carbocycles. The fraction of sp³-hybridized carbons (Fsp3) is 0.176. The molecule has 1 aliphatic rings. The van der Waals surface area contributed by atoms with Crippen LogP contribution in [0.3, 0.4) is 0 Å². The van der Waals surface area contributed by atoms with Crippen LogP contribution in [-0.4, -0.2) is 43.3 Å². The molecule has 0 spiro atoms. The summed E-state index contributed by atoms with van der Waals surface area (Å²) in [7, 11) is 0. The highest BCUT2D eigenvalue weighted by atomic mass is 32.2. The summed E-state index contributed by atoms with van der Waals surface area (Å²) in [6.45, 7) is 1.81. The van der Waals surface area contributed by atoms with Gasteiger partial charge in [0.05, 0.1) is 11.3 Å². The molecule has 2 rings (SSSR count). The first-order chi connectivity index (χ1) is 11.8. The molecule has 0 bridgehead atoms. The summed E-state index contributed by atoms with van der Waals surface area (Å²) >= 11 is 6.04. The Bertz CT molecular complexity index is 785. The largest absolute Gasteiger partial charge is 0.481 e. The van der Waals surface area contributed by atoms with Crippen LogP contribution in [0.25, 0.3) is 6.08 Å². The van der Waals surface area contributed by atoms with Gasteiger partial charge < -0.3 is 10.2 Å². The number of rotatable bonds is 6. The molecule has 1 atom stereocenters. The monoisotopic (exact) mass is 377 g/mol. The Morgan fingerprint density at radius 2 is 1.92 bits per heavy atom. The molecule has 1 aromatic rings. The number of carbonyl (C=O) groups is 3. The maximum absolute atomic E-state index is 12.5. The second-order valence-corrected chi connectivity index (χ2v) is 6.98. The Labute approximate surface area is 153 Å². The lowest BCUT2D eigenvalue weighted by Gasteiger charge is -2.21. The summed E-state index contributed by atoms with van der Waals surface area (Å²) in [6.07, 6.45) is 2.78. The van der Waals surface area contributed by atoms with Gasteiger partial charge in [0.15, 0.2) is 0 Å². The lowest BCUT2D eigenvalue weighted by atomic mass is 10.1. The van der Waals surface area contributed by atoms with E-state index in [1.54, 1.807) is 6.08 Å². The Morgan fingerprint density at radius 1 is 1.28 bits per heavy atom. The molecule has 25 heavy (non-hydrogen) atoms. The van der Waals surface area contributed by atoms with Crippen molar-refractivity contribution in [2.75, 3.05) is 0 Å². The van der Waals surface area contributed by atoms with Crippen molar-refractivity contribution in [2.45, 2.75) is 19.4 Å². The van der Waals surface area contributed by atoms with Crippen molar-refractivity contribution in [2.24, 2.45) is 0 Å². The second kappa shape index (κ2) is 8.09. The van der Waals surface area contributed by atoms with Crippen LogP contribution >= 0.6 is 24.0 Å². The number of allylic oxidation sites excluding steroid dienone is 2. The van der Waals surface area contributed by atoms with Gasteiger partial charge in [-0.05, 0) is 24.1 Å². The molecule has 1 fully saturated rings. The quantitative estimate of drug-likeness (QED) is 0.581. The van der Waals surface area contributed by atoms with Crippen LogP contribution in [-0.2, 0) is 14.4 Å². The molecule has 0 radical (unpaired) electrons. The minimum Gasteiger partial charge on any atom is -0.481 e. The summed E-state index contributed by atoms with van der Waals surface area (Å²) in [6, 6.07) is 7.98. The first-order valence-electron chi connectivity index (χ1n) is 7.24. The first-order valence-corrected chi connectivity index (χ1v) is 8.47. The van der Waals surface area contributed by atoms with Gasteiger partial charge in [-0.3, -0.25) is 14.5 Å². The lowest BCUT2D eigenvalue weighted by Crippen LogP contribution is -2.45. The van der Waals surface area contributed by atoms with E-state index in [0.717, 1.165) is 27.8 Å². The number of carboxylic acid groups (broad SMARTS) is 2. The number of amides is 1. The molecule has 1 aliphatic heterocycles. The zero-order valence-corrected chi connectivity index (χ0v) is 14.8. The van der Waals surface area contributed by atoms with Crippen molar-refractivity contribution >= 4 is 52.2 Å². The molecular weight excluding hydrogens is 362 g/mol. The number of hydrogen-bond donors (Lipinski definition) is 2. The molecule has 1 saturated heterocycles. The van der Waals surface area contributed by atoms with E-state index in [0.29, 0.717) is 0 Å². The van der Waals surface area contributed by atoms with Crippen molar-refractivity contribution in [3.8, 4) is 0 Å². The molecule has 8 heteroatoms. The van der Waals surface area contributed by atoms with Gasteiger partial charge in [-0.15, -0.1) is 0 Å². The number of carboxylic acids is 2. The molecule has 0 unspecified atom stereocenters. The van der Waals surface area contributed by atoms with Gasteiger partial charge in [0.2, 0.25) is 0 Å². The summed E-state index contributed by atoms with van der Waals surface area (Å²) in [4.78, 5) is 35.8. The van der Waals surface area contributed by atoms with Crippen LogP contribution in [0.4, 0.5) is 0 Å². The molecule has 1 heterocycles. The van der Waals surface area contributed by atoms with Crippen molar-refractivity contribution in [3.05, 3.63) is 52.4 Å². The van der Waals surface area contributed by atoms with E-state index in [2.05, 4.69) is 0 Å². The van der Waals surface area contributed by atoms with E-state index in [-0.39, 0.29) is 9.23 Å². The predicted molar refractivity (Wildman–Crippen MR) is 98.9 cm³/mol. The highest BCUT2D eigenvalue weighted by Crippen LogP contribution is 2.34. The topological polar surface area (TPSA) is 94.9 Å². The maximum atomic E-state index is 12.5. The fourth-order valence-electron chi connectivity index (χ4n) is 2.26. The fourth-order valence-corrected chi connectivity index (χ4v) is 3.67. The highest BCUT2D eigenvalue weighted by Gasteiger charge is 2.41.